The molecule has 1 rings (SSSR count). The number of nitrogens with one attached hydrogen (secondary N) is 1. The first-order chi connectivity index (χ1) is 7.57. The van der Waals surface area contributed by atoms with Crippen LogP contribution in [0.2, 0.25) is 0 Å². The van der Waals surface area contributed by atoms with Crippen LogP contribution in [0.3, 0.4) is 0 Å². The zero-order valence-corrected chi connectivity index (χ0v) is 11.2. The molecule has 0 radical (unpaired) electrons. The van der Waals surface area contributed by atoms with E-state index < -0.39 is 0 Å². The molecule has 16 heavy (non-hydrogen) atoms. The largest absolute Gasteiger partial charge is 0.339 e. The molecule has 1 unspecified atom stereocenters. The molecule has 1 fully saturated rings. The Morgan fingerprint density at radius 2 is 2.12 bits per heavy atom. The highest BCUT2D eigenvalue weighted by molar-refractivity contribution is 5.87. The Morgan fingerprint density at radius 3 is 2.50 bits per heavy atom. The Hall–Kier alpha value is -0.570. The predicted octanol–water partition coefficient (Wildman–Crippen LogP) is 2.17. The second-order valence-electron chi connectivity index (χ2n) is 5.06. The molecule has 3 heteroatoms. The first-order valence-corrected chi connectivity index (χ1v) is 6.63. The van der Waals surface area contributed by atoms with Crippen LogP contribution < -0.4 is 5.32 Å². The molecule has 94 valence electrons. The van der Waals surface area contributed by atoms with E-state index in [1.165, 1.54) is 0 Å². The van der Waals surface area contributed by atoms with Gasteiger partial charge < -0.3 is 10.2 Å². The molecule has 3 nitrogen and oxygen atoms in total. The average molecular weight is 226 g/mol. The minimum atomic E-state index is -0.264. The van der Waals surface area contributed by atoms with Gasteiger partial charge in [0.1, 0.15) is 0 Å². The number of carbonyl (C=O) groups is 1. The van der Waals surface area contributed by atoms with Crippen molar-refractivity contribution >= 4 is 5.91 Å². The van der Waals surface area contributed by atoms with E-state index in [1.54, 1.807) is 0 Å². The fraction of sp³-hybridized carbons (Fsp3) is 0.923. The van der Waals surface area contributed by atoms with Crippen LogP contribution in [0.5, 0.6) is 0 Å². The lowest BCUT2D eigenvalue weighted by Gasteiger charge is -2.36. The Kier molecular flexibility index (Phi) is 4.78. The van der Waals surface area contributed by atoms with E-state index in [4.69, 9.17) is 0 Å². The monoisotopic (exact) mass is 226 g/mol. The van der Waals surface area contributed by atoms with Gasteiger partial charge in [0.15, 0.2) is 0 Å². The zero-order chi connectivity index (χ0) is 12.2. The van der Waals surface area contributed by atoms with E-state index in [-0.39, 0.29) is 5.54 Å². The van der Waals surface area contributed by atoms with Gasteiger partial charge in [0.25, 0.3) is 0 Å². The highest BCUT2D eigenvalue weighted by atomic mass is 16.2. The molecule has 0 aromatic carbocycles. The van der Waals surface area contributed by atoms with Gasteiger partial charge in [-0.2, -0.15) is 0 Å². The number of amides is 1. The maximum atomic E-state index is 12.6. The third-order valence-electron chi connectivity index (χ3n) is 3.61. The molecular weight excluding hydrogens is 200 g/mol. The van der Waals surface area contributed by atoms with Crippen LogP contribution in [0, 0.1) is 0 Å². The van der Waals surface area contributed by atoms with Crippen molar-refractivity contribution in [2.24, 2.45) is 0 Å². The van der Waals surface area contributed by atoms with Gasteiger partial charge >= 0.3 is 0 Å². The summed E-state index contributed by atoms with van der Waals surface area (Å²) in [5, 5.41) is 3.42. The molecular formula is C13H26N2O. The molecule has 0 aromatic rings. The maximum absolute atomic E-state index is 12.6. The van der Waals surface area contributed by atoms with Crippen LogP contribution in [0.4, 0.5) is 0 Å². The lowest BCUT2D eigenvalue weighted by Crippen LogP contribution is -2.56. The van der Waals surface area contributed by atoms with Crippen molar-refractivity contribution < 1.29 is 4.79 Å². The number of hydrogen-bond donors (Lipinski definition) is 1. The van der Waals surface area contributed by atoms with E-state index in [1.807, 2.05) is 4.90 Å². The molecule has 1 N–H and O–H groups in total. The van der Waals surface area contributed by atoms with Crippen LogP contribution >= 0.6 is 0 Å². The van der Waals surface area contributed by atoms with Crippen molar-refractivity contribution in [1.82, 2.24) is 10.2 Å². The molecule has 0 bridgehead atoms. The summed E-state index contributed by atoms with van der Waals surface area (Å²) in [7, 11) is 0. The van der Waals surface area contributed by atoms with Crippen LogP contribution in [-0.2, 0) is 4.79 Å². The van der Waals surface area contributed by atoms with Gasteiger partial charge in [-0.25, -0.2) is 0 Å². The van der Waals surface area contributed by atoms with Crippen molar-refractivity contribution in [3.8, 4) is 0 Å². The van der Waals surface area contributed by atoms with Gasteiger partial charge in [-0.05, 0) is 46.1 Å². The SMILES string of the molecule is CCCN(C(=O)C1(CC)CCCN1)C(C)C. The average Bonchev–Trinajstić information content (AvgIpc) is 2.74. The summed E-state index contributed by atoms with van der Waals surface area (Å²) >= 11 is 0. The molecule has 1 atom stereocenters. The predicted molar refractivity (Wildman–Crippen MR) is 67.4 cm³/mol. The molecule has 0 saturated carbocycles. The first-order valence-electron chi connectivity index (χ1n) is 6.63. The van der Waals surface area contributed by atoms with Crippen molar-refractivity contribution in [3.05, 3.63) is 0 Å². The number of nitrogens with zero attached hydrogens (tertiary/aromatic N) is 1. The van der Waals surface area contributed by atoms with Gasteiger partial charge in [0.2, 0.25) is 5.91 Å². The summed E-state index contributed by atoms with van der Waals surface area (Å²) in [4.78, 5) is 14.6. The summed E-state index contributed by atoms with van der Waals surface area (Å²) in [5.74, 6) is 0.310. The smallest absolute Gasteiger partial charge is 0.243 e. The van der Waals surface area contributed by atoms with E-state index in [9.17, 15) is 4.79 Å². The number of hydrogen-bond acceptors (Lipinski definition) is 2. The standard InChI is InChI=1S/C13H26N2O/c1-5-10-15(11(3)4)12(16)13(6-2)8-7-9-14-13/h11,14H,5-10H2,1-4H3. The van der Waals surface area contributed by atoms with Gasteiger partial charge in [0, 0.05) is 12.6 Å². The van der Waals surface area contributed by atoms with Gasteiger partial charge in [-0.3, -0.25) is 4.79 Å². The summed E-state index contributed by atoms with van der Waals surface area (Å²) in [5.41, 5.74) is -0.264. The van der Waals surface area contributed by atoms with Crippen LogP contribution in [0.25, 0.3) is 0 Å². The lowest BCUT2D eigenvalue weighted by atomic mass is 9.92. The number of rotatable bonds is 5. The summed E-state index contributed by atoms with van der Waals surface area (Å²) < 4.78 is 0. The molecule has 0 aliphatic carbocycles. The Bertz CT molecular complexity index is 232. The van der Waals surface area contributed by atoms with E-state index in [0.29, 0.717) is 11.9 Å². The molecule has 0 aromatic heterocycles. The third kappa shape index (κ3) is 2.57. The summed E-state index contributed by atoms with van der Waals surface area (Å²) in [6, 6.07) is 0.304. The molecule has 1 aliphatic rings. The topological polar surface area (TPSA) is 32.3 Å². The molecule has 1 amide bonds. The Labute approximate surface area is 99.6 Å². The van der Waals surface area contributed by atoms with Crippen LogP contribution in [-0.4, -0.2) is 35.5 Å². The van der Waals surface area contributed by atoms with Gasteiger partial charge in [0.05, 0.1) is 5.54 Å². The van der Waals surface area contributed by atoms with Crippen molar-refractivity contribution in [2.75, 3.05) is 13.1 Å². The van der Waals surface area contributed by atoms with E-state index >= 15 is 0 Å². The van der Waals surface area contributed by atoms with E-state index in [2.05, 4.69) is 33.0 Å². The van der Waals surface area contributed by atoms with Crippen molar-refractivity contribution in [2.45, 2.75) is 65.0 Å². The minimum Gasteiger partial charge on any atom is -0.339 e. The van der Waals surface area contributed by atoms with Crippen LogP contribution in [0.1, 0.15) is 53.4 Å². The summed E-state index contributed by atoms with van der Waals surface area (Å²) in [6.45, 7) is 10.3. The molecule has 0 spiro atoms. The summed E-state index contributed by atoms with van der Waals surface area (Å²) in [6.07, 6.45) is 4.05. The number of carbonyl (C=O) groups excluding carboxylic acids is 1. The second kappa shape index (κ2) is 5.67. The molecule has 1 heterocycles. The molecule has 1 aliphatic heterocycles. The quantitative estimate of drug-likeness (QED) is 0.779. The Balaban J connectivity index is 2.79. The first kappa shape index (κ1) is 13.5. The molecule has 1 saturated heterocycles. The fourth-order valence-corrected chi connectivity index (χ4v) is 2.55. The zero-order valence-electron chi connectivity index (χ0n) is 11.2. The fourth-order valence-electron chi connectivity index (χ4n) is 2.55. The highest BCUT2D eigenvalue weighted by Gasteiger charge is 2.41. The lowest BCUT2D eigenvalue weighted by molar-refractivity contribution is -0.139. The Morgan fingerprint density at radius 1 is 1.44 bits per heavy atom. The van der Waals surface area contributed by atoms with Gasteiger partial charge in [-0.1, -0.05) is 13.8 Å². The normalized spacial score (nSPS) is 25.1. The van der Waals surface area contributed by atoms with Crippen LogP contribution in [0.15, 0.2) is 0 Å². The minimum absolute atomic E-state index is 0.264. The highest BCUT2D eigenvalue weighted by Crippen LogP contribution is 2.26. The van der Waals surface area contributed by atoms with Crippen molar-refractivity contribution in [1.29, 1.82) is 0 Å². The maximum Gasteiger partial charge on any atom is 0.243 e. The van der Waals surface area contributed by atoms with Crippen molar-refractivity contribution in [3.63, 3.8) is 0 Å². The van der Waals surface area contributed by atoms with Gasteiger partial charge in [-0.15, -0.1) is 0 Å². The second-order valence-corrected chi connectivity index (χ2v) is 5.06. The third-order valence-corrected chi connectivity index (χ3v) is 3.61. The van der Waals surface area contributed by atoms with E-state index in [0.717, 1.165) is 38.8 Å².